The Morgan fingerprint density at radius 2 is 2.18 bits per heavy atom. The first kappa shape index (κ1) is 15.0. The number of aryl methyl sites for hydroxylation is 1. The molecule has 1 atom stereocenters. The van der Waals surface area contributed by atoms with Gasteiger partial charge in [-0.1, -0.05) is 15.9 Å². The number of ether oxygens (including phenoxy) is 2. The quantitative estimate of drug-likeness (QED) is 0.781. The van der Waals surface area contributed by atoms with Gasteiger partial charge in [0, 0.05) is 23.0 Å². The van der Waals surface area contributed by atoms with Gasteiger partial charge < -0.3 is 14.0 Å². The highest BCUT2D eigenvalue weighted by atomic mass is 79.9. The lowest BCUT2D eigenvalue weighted by atomic mass is 9.99. The van der Waals surface area contributed by atoms with Crippen molar-refractivity contribution in [1.29, 1.82) is 0 Å². The van der Waals surface area contributed by atoms with Gasteiger partial charge in [0.15, 0.2) is 5.82 Å². The topological polar surface area (TPSA) is 66.2 Å². The monoisotopic (exact) mass is 365 g/mol. The second-order valence-corrected chi connectivity index (χ2v) is 6.01. The Bertz CT molecular complexity index is 714. The summed E-state index contributed by atoms with van der Waals surface area (Å²) < 4.78 is 13.0. The van der Waals surface area contributed by atoms with Gasteiger partial charge >= 0.3 is 5.97 Å². The molecule has 6 nitrogen and oxygen atoms in total. The van der Waals surface area contributed by atoms with E-state index in [1.54, 1.807) is 7.11 Å². The average Bonchev–Trinajstić information content (AvgIpc) is 2.97. The fraction of sp³-hybridized carbons (Fsp3) is 0.400. The van der Waals surface area contributed by atoms with Crippen molar-refractivity contribution in [2.75, 3.05) is 14.2 Å². The Balaban J connectivity index is 2.01. The standard InChI is InChI=1S/C15H16BrN3O3/c1-21-10-4-5-12(16)11(7-10)14-18-17-13-6-3-9(8-19(13)14)15(20)22-2/h4-5,7,9H,3,6,8H2,1-2H3. The molecule has 1 aromatic carbocycles. The van der Waals surface area contributed by atoms with E-state index in [1.165, 1.54) is 7.11 Å². The van der Waals surface area contributed by atoms with Gasteiger partial charge in [0.25, 0.3) is 0 Å². The summed E-state index contributed by atoms with van der Waals surface area (Å²) in [7, 11) is 3.04. The Labute approximate surface area is 136 Å². The maximum Gasteiger partial charge on any atom is 0.310 e. The second kappa shape index (κ2) is 6.08. The van der Waals surface area contributed by atoms with E-state index in [4.69, 9.17) is 9.47 Å². The highest BCUT2D eigenvalue weighted by Gasteiger charge is 2.29. The molecule has 0 saturated heterocycles. The predicted molar refractivity (Wildman–Crippen MR) is 83.5 cm³/mol. The molecule has 0 fully saturated rings. The van der Waals surface area contributed by atoms with Crippen LogP contribution in [-0.2, 0) is 22.5 Å². The van der Waals surface area contributed by atoms with Crippen molar-refractivity contribution in [2.45, 2.75) is 19.4 Å². The van der Waals surface area contributed by atoms with Crippen molar-refractivity contribution in [2.24, 2.45) is 5.92 Å². The third kappa shape index (κ3) is 2.61. The number of rotatable bonds is 3. The van der Waals surface area contributed by atoms with Crippen LogP contribution in [0.15, 0.2) is 22.7 Å². The van der Waals surface area contributed by atoms with Gasteiger partial charge in [-0.25, -0.2) is 0 Å². The molecular weight excluding hydrogens is 350 g/mol. The zero-order chi connectivity index (χ0) is 15.7. The zero-order valence-electron chi connectivity index (χ0n) is 12.4. The molecule has 116 valence electrons. The average molecular weight is 366 g/mol. The highest BCUT2D eigenvalue weighted by molar-refractivity contribution is 9.10. The van der Waals surface area contributed by atoms with Crippen LogP contribution in [0.5, 0.6) is 5.75 Å². The van der Waals surface area contributed by atoms with E-state index in [-0.39, 0.29) is 11.9 Å². The fourth-order valence-corrected chi connectivity index (χ4v) is 3.11. The van der Waals surface area contributed by atoms with E-state index in [0.717, 1.165) is 33.9 Å². The molecule has 3 rings (SSSR count). The number of carbonyl (C=O) groups excluding carboxylic acids is 1. The van der Waals surface area contributed by atoms with Crippen LogP contribution in [0.1, 0.15) is 12.2 Å². The van der Waals surface area contributed by atoms with Gasteiger partial charge in [0.05, 0.1) is 20.1 Å². The summed E-state index contributed by atoms with van der Waals surface area (Å²) in [6.45, 7) is 0.536. The van der Waals surface area contributed by atoms with Crippen molar-refractivity contribution < 1.29 is 14.3 Å². The third-order valence-corrected chi connectivity index (χ3v) is 4.59. The van der Waals surface area contributed by atoms with E-state index in [2.05, 4.69) is 26.1 Å². The second-order valence-electron chi connectivity index (χ2n) is 5.15. The number of carbonyl (C=O) groups is 1. The summed E-state index contributed by atoms with van der Waals surface area (Å²) in [4.78, 5) is 11.8. The van der Waals surface area contributed by atoms with Gasteiger partial charge in [0.2, 0.25) is 0 Å². The van der Waals surface area contributed by atoms with Crippen molar-refractivity contribution >= 4 is 21.9 Å². The van der Waals surface area contributed by atoms with Crippen LogP contribution < -0.4 is 4.74 Å². The van der Waals surface area contributed by atoms with Crippen LogP contribution in [0.25, 0.3) is 11.4 Å². The smallest absolute Gasteiger partial charge is 0.310 e. The molecule has 0 N–H and O–H groups in total. The number of hydrogen-bond donors (Lipinski definition) is 0. The van der Waals surface area contributed by atoms with Crippen LogP contribution in [0.4, 0.5) is 0 Å². The molecule has 2 heterocycles. The number of benzene rings is 1. The number of fused-ring (bicyclic) bond motifs is 1. The zero-order valence-corrected chi connectivity index (χ0v) is 14.0. The molecule has 0 radical (unpaired) electrons. The van der Waals surface area contributed by atoms with Crippen LogP contribution in [0.2, 0.25) is 0 Å². The molecule has 0 spiro atoms. The van der Waals surface area contributed by atoms with E-state index >= 15 is 0 Å². The van der Waals surface area contributed by atoms with E-state index < -0.39 is 0 Å². The van der Waals surface area contributed by atoms with Gasteiger partial charge in [-0.15, -0.1) is 10.2 Å². The molecule has 0 bridgehead atoms. The number of halogens is 1. The molecule has 22 heavy (non-hydrogen) atoms. The number of nitrogens with zero attached hydrogens (tertiary/aromatic N) is 3. The molecule has 0 amide bonds. The summed E-state index contributed by atoms with van der Waals surface area (Å²) in [5, 5.41) is 8.55. The van der Waals surface area contributed by atoms with Crippen LogP contribution in [-0.4, -0.2) is 35.0 Å². The number of aromatic nitrogens is 3. The Kier molecular flexibility index (Phi) is 4.15. The summed E-state index contributed by atoms with van der Waals surface area (Å²) in [5.41, 5.74) is 0.892. The first-order valence-corrected chi connectivity index (χ1v) is 7.77. The first-order chi connectivity index (χ1) is 10.6. The van der Waals surface area contributed by atoms with Crippen molar-refractivity contribution in [3.63, 3.8) is 0 Å². The summed E-state index contributed by atoms with van der Waals surface area (Å²) in [6.07, 6.45) is 1.46. The fourth-order valence-electron chi connectivity index (χ4n) is 2.69. The van der Waals surface area contributed by atoms with Crippen molar-refractivity contribution in [3.05, 3.63) is 28.5 Å². The summed E-state index contributed by atoms with van der Waals surface area (Å²) in [5.74, 6) is 2.03. The maximum absolute atomic E-state index is 11.8. The summed E-state index contributed by atoms with van der Waals surface area (Å²) in [6, 6.07) is 5.69. The SMILES string of the molecule is COC(=O)C1CCc2nnc(-c3cc(OC)ccc3Br)n2C1. The van der Waals surface area contributed by atoms with Gasteiger partial charge in [-0.3, -0.25) is 4.79 Å². The maximum atomic E-state index is 11.8. The molecule has 1 aliphatic rings. The van der Waals surface area contributed by atoms with Crippen molar-refractivity contribution in [3.8, 4) is 17.1 Å². The molecule has 7 heteroatoms. The minimum Gasteiger partial charge on any atom is -0.497 e. The normalized spacial score (nSPS) is 17.0. The third-order valence-electron chi connectivity index (χ3n) is 3.90. The lowest BCUT2D eigenvalue weighted by molar-refractivity contribution is -0.146. The molecular formula is C15H16BrN3O3. The summed E-state index contributed by atoms with van der Waals surface area (Å²) >= 11 is 3.54. The molecule has 1 aliphatic heterocycles. The minimum absolute atomic E-state index is 0.156. The number of methoxy groups -OCH3 is 2. The number of esters is 1. The van der Waals surface area contributed by atoms with E-state index in [1.807, 2.05) is 22.8 Å². The van der Waals surface area contributed by atoms with Crippen molar-refractivity contribution in [1.82, 2.24) is 14.8 Å². The lowest BCUT2D eigenvalue weighted by Crippen LogP contribution is -2.28. The Morgan fingerprint density at radius 1 is 1.36 bits per heavy atom. The lowest BCUT2D eigenvalue weighted by Gasteiger charge is -2.22. The molecule has 1 unspecified atom stereocenters. The van der Waals surface area contributed by atoms with Crippen LogP contribution in [0, 0.1) is 5.92 Å². The Hall–Kier alpha value is -1.89. The van der Waals surface area contributed by atoms with Gasteiger partial charge in [-0.2, -0.15) is 0 Å². The van der Waals surface area contributed by atoms with E-state index in [9.17, 15) is 4.79 Å². The van der Waals surface area contributed by atoms with Gasteiger partial charge in [-0.05, 0) is 24.6 Å². The Morgan fingerprint density at radius 3 is 2.91 bits per heavy atom. The molecule has 2 aromatic rings. The first-order valence-electron chi connectivity index (χ1n) is 6.98. The predicted octanol–water partition coefficient (Wildman–Crippen LogP) is 2.45. The molecule has 1 aromatic heterocycles. The van der Waals surface area contributed by atoms with Gasteiger partial charge in [0.1, 0.15) is 11.6 Å². The van der Waals surface area contributed by atoms with E-state index in [0.29, 0.717) is 13.0 Å². The minimum atomic E-state index is -0.185. The molecule has 0 aliphatic carbocycles. The largest absolute Gasteiger partial charge is 0.497 e. The highest BCUT2D eigenvalue weighted by Crippen LogP contribution is 2.33. The van der Waals surface area contributed by atoms with Crippen LogP contribution >= 0.6 is 15.9 Å². The molecule has 0 saturated carbocycles. The van der Waals surface area contributed by atoms with Crippen LogP contribution in [0.3, 0.4) is 0 Å². The number of hydrogen-bond acceptors (Lipinski definition) is 5.